The van der Waals surface area contributed by atoms with Gasteiger partial charge in [-0.25, -0.2) is 4.98 Å². The van der Waals surface area contributed by atoms with Crippen LogP contribution in [-0.4, -0.2) is 75.5 Å². The lowest BCUT2D eigenvalue weighted by molar-refractivity contribution is -0.129. The van der Waals surface area contributed by atoms with Gasteiger partial charge in [0.1, 0.15) is 11.5 Å². The summed E-state index contributed by atoms with van der Waals surface area (Å²) >= 11 is 0. The van der Waals surface area contributed by atoms with Gasteiger partial charge in [-0.05, 0) is 63.2 Å². The van der Waals surface area contributed by atoms with E-state index in [9.17, 15) is 9.59 Å². The third-order valence-electron chi connectivity index (χ3n) is 7.62. The second kappa shape index (κ2) is 9.00. The minimum atomic E-state index is 0.00375. The molecule has 0 saturated carbocycles. The predicted octanol–water partition coefficient (Wildman–Crippen LogP) is 2.96. The molecule has 0 bridgehead atoms. The molecule has 3 aromatic heterocycles. The normalized spacial score (nSPS) is 17.3. The number of fused-ring (bicyclic) bond motifs is 5. The van der Waals surface area contributed by atoms with E-state index in [4.69, 9.17) is 4.98 Å². The van der Waals surface area contributed by atoms with Crippen LogP contribution in [0.25, 0.3) is 27.7 Å². The largest absolute Gasteiger partial charge is 0.353 e. The van der Waals surface area contributed by atoms with Crippen LogP contribution in [0.1, 0.15) is 26.2 Å². The molecule has 8 heteroatoms. The summed E-state index contributed by atoms with van der Waals surface area (Å²) < 4.78 is 4.43. The molecule has 2 aliphatic rings. The fourth-order valence-corrected chi connectivity index (χ4v) is 5.73. The van der Waals surface area contributed by atoms with Crippen LogP contribution >= 0.6 is 0 Å². The van der Waals surface area contributed by atoms with E-state index in [1.54, 1.807) is 13.0 Å². The molecule has 0 radical (unpaired) electrons. The van der Waals surface area contributed by atoms with E-state index in [0.717, 1.165) is 55.1 Å². The standard InChI is InChI=1S/C27H32N6O2/c1-20(34)30-15-17-31(18-16-30)25-10-9-21-24(35)19-26-32(14-6-13-29-11-4-5-12-29)22-7-2-3-8-23(22)33(26)27(21)28-25/h2-3,7-10,19H,4-6,11-18H2,1H3. The number of hydrogen-bond donors (Lipinski definition) is 0. The number of benzene rings is 1. The zero-order valence-corrected chi connectivity index (χ0v) is 20.3. The van der Waals surface area contributed by atoms with E-state index in [1.807, 2.05) is 23.1 Å². The zero-order valence-electron chi connectivity index (χ0n) is 20.3. The number of likely N-dealkylation sites (tertiary alicyclic amines) is 1. The first-order valence-electron chi connectivity index (χ1n) is 12.8. The van der Waals surface area contributed by atoms with Gasteiger partial charge in [0, 0.05) is 45.7 Å². The van der Waals surface area contributed by atoms with Crippen LogP contribution in [0, 0.1) is 0 Å². The fourth-order valence-electron chi connectivity index (χ4n) is 5.73. The average Bonchev–Trinajstić information content (AvgIpc) is 3.50. The minimum Gasteiger partial charge on any atom is -0.353 e. The molecule has 35 heavy (non-hydrogen) atoms. The van der Waals surface area contributed by atoms with Crippen LogP contribution in [0.3, 0.4) is 0 Å². The summed E-state index contributed by atoms with van der Waals surface area (Å²) in [6.07, 6.45) is 3.65. The highest BCUT2D eigenvalue weighted by atomic mass is 16.2. The molecule has 182 valence electrons. The Morgan fingerprint density at radius 3 is 2.40 bits per heavy atom. The monoisotopic (exact) mass is 472 g/mol. The first-order valence-corrected chi connectivity index (χ1v) is 12.8. The molecule has 1 amide bonds. The first kappa shape index (κ1) is 22.1. The molecule has 4 aromatic rings. The van der Waals surface area contributed by atoms with Gasteiger partial charge in [0.2, 0.25) is 5.91 Å². The van der Waals surface area contributed by atoms with Gasteiger partial charge in [-0.15, -0.1) is 0 Å². The number of carbonyl (C=O) groups is 1. The Kier molecular flexibility index (Phi) is 5.68. The van der Waals surface area contributed by atoms with Gasteiger partial charge in [-0.2, -0.15) is 0 Å². The number of anilines is 1. The Balaban J connectivity index is 1.42. The second-order valence-corrected chi connectivity index (χ2v) is 9.78. The van der Waals surface area contributed by atoms with Crippen LogP contribution in [0.4, 0.5) is 5.82 Å². The Hall–Kier alpha value is -3.39. The Labute approximate surface area is 204 Å². The number of carbonyl (C=O) groups excluding carboxylic acids is 1. The van der Waals surface area contributed by atoms with E-state index < -0.39 is 0 Å². The van der Waals surface area contributed by atoms with Crippen LogP contribution < -0.4 is 10.3 Å². The third kappa shape index (κ3) is 3.95. The summed E-state index contributed by atoms with van der Waals surface area (Å²) in [6, 6.07) is 14.0. The van der Waals surface area contributed by atoms with Gasteiger partial charge in [-0.1, -0.05) is 12.1 Å². The van der Waals surface area contributed by atoms with E-state index in [0.29, 0.717) is 24.1 Å². The SMILES string of the molecule is CC(=O)N1CCN(c2ccc3c(=O)cc4n(CCCN5CCCC5)c5ccccc5n4c3n2)CC1. The van der Waals surface area contributed by atoms with Crippen molar-refractivity contribution in [1.29, 1.82) is 0 Å². The summed E-state index contributed by atoms with van der Waals surface area (Å²) in [5, 5.41) is 0.633. The molecule has 2 fully saturated rings. The number of rotatable bonds is 5. The fraction of sp³-hybridized carbons (Fsp3) is 0.444. The first-order chi connectivity index (χ1) is 17.1. The Morgan fingerprint density at radius 1 is 0.914 bits per heavy atom. The number of piperazine rings is 1. The molecule has 6 rings (SSSR count). The smallest absolute Gasteiger partial charge is 0.219 e. The molecule has 8 nitrogen and oxygen atoms in total. The molecule has 2 saturated heterocycles. The highest BCUT2D eigenvalue weighted by molar-refractivity contribution is 5.90. The van der Waals surface area contributed by atoms with Gasteiger partial charge in [0.05, 0.1) is 16.4 Å². The molecule has 0 spiro atoms. The van der Waals surface area contributed by atoms with Crippen molar-refractivity contribution >= 4 is 39.4 Å². The van der Waals surface area contributed by atoms with E-state index in [-0.39, 0.29) is 11.3 Å². The lowest BCUT2D eigenvalue weighted by Crippen LogP contribution is -2.48. The second-order valence-electron chi connectivity index (χ2n) is 9.78. The van der Waals surface area contributed by atoms with Crippen molar-refractivity contribution < 1.29 is 4.79 Å². The topological polar surface area (TPSA) is 66.1 Å². The van der Waals surface area contributed by atoms with Gasteiger partial charge in [0.15, 0.2) is 11.1 Å². The Morgan fingerprint density at radius 2 is 1.66 bits per heavy atom. The summed E-state index contributed by atoms with van der Waals surface area (Å²) in [6.45, 7) is 8.83. The zero-order chi connectivity index (χ0) is 23.9. The van der Waals surface area contributed by atoms with Crippen LogP contribution in [0.2, 0.25) is 0 Å². The number of aryl methyl sites for hydroxylation is 1. The molecule has 0 atom stereocenters. The molecule has 0 N–H and O–H groups in total. The lowest BCUT2D eigenvalue weighted by Gasteiger charge is -2.34. The molecule has 0 unspecified atom stereocenters. The van der Waals surface area contributed by atoms with Gasteiger partial charge < -0.3 is 19.3 Å². The van der Waals surface area contributed by atoms with Crippen molar-refractivity contribution in [1.82, 2.24) is 23.8 Å². The number of hydrogen-bond acceptors (Lipinski definition) is 5. The number of nitrogens with zero attached hydrogens (tertiary/aromatic N) is 6. The van der Waals surface area contributed by atoms with Crippen molar-refractivity contribution in [2.75, 3.05) is 50.7 Å². The number of aromatic nitrogens is 3. The van der Waals surface area contributed by atoms with Gasteiger partial charge in [-0.3, -0.25) is 14.0 Å². The third-order valence-corrected chi connectivity index (χ3v) is 7.62. The summed E-state index contributed by atoms with van der Waals surface area (Å²) in [4.78, 5) is 36.5. The molecular weight excluding hydrogens is 440 g/mol. The lowest BCUT2D eigenvalue weighted by atomic mass is 10.2. The summed E-state index contributed by atoms with van der Waals surface area (Å²) in [5.74, 6) is 0.966. The highest BCUT2D eigenvalue weighted by Crippen LogP contribution is 2.26. The molecule has 2 aliphatic heterocycles. The number of para-hydroxylation sites is 2. The van der Waals surface area contributed by atoms with E-state index >= 15 is 0 Å². The molecule has 1 aromatic carbocycles. The van der Waals surface area contributed by atoms with Crippen molar-refractivity contribution in [3.8, 4) is 0 Å². The van der Waals surface area contributed by atoms with Crippen LogP contribution in [-0.2, 0) is 11.3 Å². The van der Waals surface area contributed by atoms with Crippen molar-refractivity contribution in [3.05, 3.63) is 52.7 Å². The molecule has 0 aliphatic carbocycles. The summed E-state index contributed by atoms with van der Waals surface area (Å²) in [7, 11) is 0. The van der Waals surface area contributed by atoms with Gasteiger partial charge in [0.25, 0.3) is 0 Å². The quantitative estimate of drug-likeness (QED) is 0.447. The van der Waals surface area contributed by atoms with Crippen molar-refractivity contribution in [2.24, 2.45) is 0 Å². The van der Waals surface area contributed by atoms with Crippen LogP contribution in [0.5, 0.6) is 0 Å². The maximum absolute atomic E-state index is 13.2. The number of amides is 1. The highest BCUT2D eigenvalue weighted by Gasteiger charge is 2.21. The number of imidazole rings is 1. The predicted molar refractivity (Wildman–Crippen MR) is 139 cm³/mol. The van der Waals surface area contributed by atoms with Crippen molar-refractivity contribution in [3.63, 3.8) is 0 Å². The van der Waals surface area contributed by atoms with Gasteiger partial charge >= 0.3 is 0 Å². The van der Waals surface area contributed by atoms with E-state index in [2.05, 4.69) is 37.0 Å². The average molecular weight is 473 g/mol. The number of pyridine rings is 2. The maximum Gasteiger partial charge on any atom is 0.219 e. The maximum atomic E-state index is 13.2. The molecule has 5 heterocycles. The van der Waals surface area contributed by atoms with Crippen molar-refractivity contribution in [2.45, 2.75) is 32.7 Å². The van der Waals surface area contributed by atoms with E-state index in [1.165, 1.54) is 25.9 Å². The summed E-state index contributed by atoms with van der Waals surface area (Å²) in [5.41, 5.74) is 3.80. The van der Waals surface area contributed by atoms with Crippen LogP contribution in [0.15, 0.2) is 47.3 Å². The molecular formula is C27H32N6O2. The Bertz CT molecular complexity index is 1460. The minimum absolute atomic E-state index is 0.00375.